The molecule has 0 fully saturated rings. The van der Waals surface area contributed by atoms with Crippen molar-refractivity contribution in [2.45, 2.75) is 39.5 Å². The number of carbonyl (C=O) groups excluding carboxylic acids is 1. The van der Waals surface area contributed by atoms with Gasteiger partial charge in [0, 0.05) is 24.0 Å². The Kier molecular flexibility index (Phi) is 6.10. The number of hydrogen-bond acceptors (Lipinski definition) is 5. The molecule has 1 unspecified atom stereocenters. The van der Waals surface area contributed by atoms with Crippen LogP contribution in [-0.4, -0.2) is 22.0 Å². The second-order valence-corrected chi connectivity index (χ2v) is 5.43. The summed E-state index contributed by atoms with van der Waals surface area (Å²) in [7, 11) is 0. The molecule has 22 heavy (non-hydrogen) atoms. The maximum atomic E-state index is 11.9. The summed E-state index contributed by atoms with van der Waals surface area (Å²) in [6.07, 6.45) is 3.59. The van der Waals surface area contributed by atoms with Gasteiger partial charge >= 0.3 is 11.6 Å². The molecule has 2 N–H and O–H groups in total. The number of rotatable bonds is 7. The Labute approximate surface area is 128 Å². The molecule has 1 atom stereocenters. The van der Waals surface area contributed by atoms with Gasteiger partial charge in [0.2, 0.25) is 0 Å². The Bertz CT molecular complexity index is 639. The SMILES string of the molecule is CC(C)C(=O)c1c(O)cc(C(C)CC/C=C/C(=O)O)oc1=O. The fraction of sp³-hybridized carbons (Fsp3) is 0.438. The van der Waals surface area contributed by atoms with Crippen LogP contribution in [-0.2, 0) is 4.79 Å². The van der Waals surface area contributed by atoms with Crippen LogP contribution in [0.15, 0.2) is 27.4 Å². The highest BCUT2D eigenvalue weighted by Gasteiger charge is 2.22. The lowest BCUT2D eigenvalue weighted by Gasteiger charge is -2.11. The zero-order valence-corrected chi connectivity index (χ0v) is 12.8. The van der Waals surface area contributed by atoms with E-state index in [-0.39, 0.29) is 23.0 Å². The van der Waals surface area contributed by atoms with E-state index >= 15 is 0 Å². The van der Waals surface area contributed by atoms with Gasteiger partial charge in [0.05, 0.1) is 0 Å². The largest absolute Gasteiger partial charge is 0.507 e. The Balaban J connectivity index is 2.92. The van der Waals surface area contributed by atoms with Crippen molar-refractivity contribution >= 4 is 11.8 Å². The highest BCUT2D eigenvalue weighted by atomic mass is 16.4. The number of Topliss-reactive ketones (excluding diaryl/α,β-unsaturated/α-hetero) is 1. The summed E-state index contributed by atoms with van der Waals surface area (Å²) in [6.45, 7) is 5.05. The third-order valence-electron chi connectivity index (χ3n) is 3.23. The maximum absolute atomic E-state index is 11.9. The summed E-state index contributed by atoms with van der Waals surface area (Å²) in [5.74, 6) is -2.20. The van der Waals surface area contributed by atoms with Gasteiger partial charge in [-0.1, -0.05) is 26.8 Å². The van der Waals surface area contributed by atoms with Crippen molar-refractivity contribution in [1.82, 2.24) is 0 Å². The molecule has 1 aromatic rings. The van der Waals surface area contributed by atoms with E-state index in [0.29, 0.717) is 12.8 Å². The Morgan fingerprint density at radius 2 is 1.95 bits per heavy atom. The smallest absolute Gasteiger partial charge is 0.350 e. The molecule has 1 rings (SSSR count). The fourth-order valence-corrected chi connectivity index (χ4v) is 1.93. The van der Waals surface area contributed by atoms with Crippen LogP contribution in [0.2, 0.25) is 0 Å². The van der Waals surface area contributed by atoms with E-state index in [1.54, 1.807) is 20.8 Å². The van der Waals surface area contributed by atoms with E-state index in [9.17, 15) is 19.5 Å². The molecule has 0 radical (unpaired) electrons. The van der Waals surface area contributed by atoms with Gasteiger partial charge in [0.25, 0.3) is 0 Å². The third kappa shape index (κ3) is 4.58. The number of carboxylic acids is 1. The molecule has 0 amide bonds. The van der Waals surface area contributed by atoms with Gasteiger partial charge in [-0.25, -0.2) is 9.59 Å². The Morgan fingerprint density at radius 1 is 1.32 bits per heavy atom. The summed E-state index contributed by atoms with van der Waals surface area (Å²) in [4.78, 5) is 34.1. The normalized spacial score (nSPS) is 12.7. The minimum atomic E-state index is -1.02. The van der Waals surface area contributed by atoms with E-state index < -0.39 is 23.3 Å². The predicted octanol–water partition coefficient (Wildman–Crippen LogP) is 2.71. The zero-order valence-electron chi connectivity index (χ0n) is 12.8. The molecule has 0 bridgehead atoms. The van der Waals surface area contributed by atoms with E-state index in [4.69, 9.17) is 9.52 Å². The fourth-order valence-electron chi connectivity index (χ4n) is 1.93. The van der Waals surface area contributed by atoms with E-state index in [0.717, 1.165) is 6.08 Å². The van der Waals surface area contributed by atoms with Crippen molar-refractivity contribution in [2.75, 3.05) is 0 Å². The van der Waals surface area contributed by atoms with Gasteiger partial charge in [-0.3, -0.25) is 4.79 Å². The van der Waals surface area contributed by atoms with E-state index in [1.807, 2.05) is 0 Å². The van der Waals surface area contributed by atoms with Crippen molar-refractivity contribution in [1.29, 1.82) is 0 Å². The standard InChI is InChI=1S/C16H20O6/c1-9(2)15(20)14-11(17)8-12(22-16(14)21)10(3)6-4-5-7-13(18)19/h5,7-10,17H,4,6H2,1-3H3,(H,18,19)/b7-5+. The van der Waals surface area contributed by atoms with Crippen LogP contribution in [0.5, 0.6) is 5.75 Å². The molecule has 0 spiro atoms. The maximum Gasteiger partial charge on any atom is 0.350 e. The molecule has 1 heterocycles. The number of ketones is 1. The molecule has 6 nitrogen and oxygen atoms in total. The van der Waals surface area contributed by atoms with Crippen LogP contribution in [0, 0.1) is 5.92 Å². The van der Waals surface area contributed by atoms with Crippen molar-refractivity contribution < 1.29 is 24.2 Å². The zero-order chi connectivity index (χ0) is 16.9. The summed E-state index contributed by atoms with van der Waals surface area (Å²) in [5, 5.41) is 18.4. The van der Waals surface area contributed by atoms with E-state index in [1.165, 1.54) is 12.1 Å². The van der Waals surface area contributed by atoms with Crippen LogP contribution in [0.25, 0.3) is 0 Å². The van der Waals surface area contributed by atoms with Crippen molar-refractivity contribution in [3.63, 3.8) is 0 Å². The number of carbonyl (C=O) groups is 2. The average Bonchev–Trinajstić information content (AvgIpc) is 2.41. The summed E-state index contributed by atoms with van der Waals surface area (Å²) in [6, 6.07) is 1.28. The first-order chi connectivity index (χ1) is 10.2. The Morgan fingerprint density at radius 3 is 2.45 bits per heavy atom. The minimum absolute atomic E-state index is 0.194. The van der Waals surface area contributed by atoms with Gasteiger partial charge in [0.15, 0.2) is 5.78 Å². The predicted molar refractivity (Wildman–Crippen MR) is 80.2 cm³/mol. The van der Waals surface area contributed by atoms with Crippen LogP contribution in [0.4, 0.5) is 0 Å². The molecule has 0 aliphatic heterocycles. The van der Waals surface area contributed by atoms with Crippen molar-refractivity contribution in [2.24, 2.45) is 5.92 Å². The van der Waals surface area contributed by atoms with Crippen LogP contribution in [0.1, 0.15) is 55.6 Å². The first-order valence-electron chi connectivity index (χ1n) is 7.04. The minimum Gasteiger partial charge on any atom is -0.507 e. The van der Waals surface area contributed by atoms with Gasteiger partial charge < -0.3 is 14.6 Å². The molecular weight excluding hydrogens is 288 g/mol. The summed E-state index contributed by atoms with van der Waals surface area (Å²) >= 11 is 0. The van der Waals surface area contributed by atoms with Crippen molar-refractivity contribution in [3.8, 4) is 5.75 Å². The highest BCUT2D eigenvalue weighted by molar-refractivity contribution is 5.99. The summed E-state index contributed by atoms with van der Waals surface area (Å²) in [5.41, 5.74) is -1.17. The first kappa shape index (κ1) is 17.7. The molecule has 120 valence electrons. The molecule has 0 saturated heterocycles. The lowest BCUT2D eigenvalue weighted by atomic mass is 9.98. The lowest BCUT2D eigenvalue weighted by molar-refractivity contribution is -0.131. The molecule has 6 heteroatoms. The molecule has 0 aliphatic rings. The summed E-state index contributed by atoms with van der Waals surface area (Å²) < 4.78 is 5.12. The second-order valence-electron chi connectivity index (χ2n) is 5.43. The third-order valence-corrected chi connectivity index (χ3v) is 3.23. The molecule has 1 aromatic heterocycles. The van der Waals surface area contributed by atoms with E-state index in [2.05, 4.69) is 0 Å². The molecule has 0 aliphatic carbocycles. The highest BCUT2D eigenvalue weighted by Crippen LogP contribution is 2.25. The molecular formula is C16H20O6. The second kappa shape index (κ2) is 7.59. The van der Waals surface area contributed by atoms with Crippen LogP contribution >= 0.6 is 0 Å². The van der Waals surface area contributed by atoms with Gasteiger partial charge in [-0.05, 0) is 12.8 Å². The number of allylic oxidation sites excluding steroid dienone is 1. The van der Waals surface area contributed by atoms with Crippen LogP contribution in [0.3, 0.4) is 0 Å². The van der Waals surface area contributed by atoms with Crippen LogP contribution < -0.4 is 5.63 Å². The van der Waals surface area contributed by atoms with Crippen molar-refractivity contribution in [3.05, 3.63) is 40.0 Å². The number of aliphatic carboxylic acids is 1. The number of aromatic hydroxyl groups is 1. The Hall–Kier alpha value is -2.37. The average molecular weight is 308 g/mol. The molecule has 0 saturated carbocycles. The monoisotopic (exact) mass is 308 g/mol. The number of hydrogen-bond donors (Lipinski definition) is 2. The van der Waals surface area contributed by atoms with Gasteiger partial charge in [-0.15, -0.1) is 0 Å². The quantitative estimate of drug-likeness (QED) is 0.592. The topological polar surface area (TPSA) is 105 Å². The first-order valence-corrected chi connectivity index (χ1v) is 7.04. The molecule has 0 aromatic carbocycles. The van der Waals surface area contributed by atoms with Gasteiger partial charge in [-0.2, -0.15) is 0 Å². The number of carboxylic acid groups (broad SMARTS) is 1. The lowest BCUT2D eigenvalue weighted by Crippen LogP contribution is -2.19. The van der Waals surface area contributed by atoms with Gasteiger partial charge in [0.1, 0.15) is 17.1 Å².